The van der Waals surface area contributed by atoms with Crippen LogP contribution < -0.4 is 10.1 Å². The standard InChI is InChI=1S/C23H21N3O4/c27-20(25-13-22-11-23(22,12-22)21(28)29)17-9-24-8-15-5-6-26(19(15)17)10-16-7-14-3-1-2-4-18(14)30-16/h1-6,8-9,16H,7,10-13H2,(H,25,27)(H,28,29). The minimum atomic E-state index is -0.744. The summed E-state index contributed by atoms with van der Waals surface area (Å²) in [4.78, 5) is 28.5. The summed E-state index contributed by atoms with van der Waals surface area (Å²) in [5.74, 6) is -0.0308. The number of ether oxygens (including phenoxy) is 1. The third kappa shape index (κ3) is 2.41. The Morgan fingerprint density at radius 3 is 2.83 bits per heavy atom. The Balaban J connectivity index is 1.22. The van der Waals surface area contributed by atoms with Gasteiger partial charge >= 0.3 is 5.97 Å². The van der Waals surface area contributed by atoms with Gasteiger partial charge in [0.2, 0.25) is 0 Å². The SMILES string of the molecule is O=C(NCC12CC1(C(=O)O)C2)c1cncc2ccn(CC3Cc4ccccc4O3)c12. The summed E-state index contributed by atoms with van der Waals surface area (Å²) in [6.45, 7) is 1.03. The molecule has 1 unspecified atom stereocenters. The predicted molar refractivity (Wildman–Crippen MR) is 108 cm³/mol. The number of hydrogen-bond acceptors (Lipinski definition) is 4. The van der Waals surface area contributed by atoms with Crippen LogP contribution in [0.2, 0.25) is 0 Å². The number of aromatic nitrogens is 2. The first-order valence-electron chi connectivity index (χ1n) is 10.2. The number of carbonyl (C=O) groups is 2. The lowest BCUT2D eigenvalue weighted by Crippen LogP contribution is -2.28. The molecule has 2 aliphatic carbocycles. The number of nitrogens with one attached hydrogen (secondary N) is 1. The number of amides is 1. The highest BCUT2D eigenvalue weighted by Crippen LogP contribution is 2.85. The zero-order chi connectivity index (χ0) is 20.5. The summed E-state index contributed by atoms with van der Waals surface area (Å²) >= 11 is 0. The highest BCUT2D eigenvalue weighted by Gasteiger charge is 2.87. The highest BCUT2D eigenvalue weighted by atomic mass is 16.5. The van der Waals surface area contributed by atoms with Gasteiger partial charge in [-0.25, -0.2) is 0 Å². The van der Waals surface area contributed by atoms with Gasteiger partial charge in [-0.05, 0) is 30.5 Å². The van der Waals surface area contributed by atoms with E-state index in [1.807, 2.05) is 30.5 Å². The van der Waals surface area contributed by atoms with Crippen molar-refractivity contribution in [3.63, 3.8) is 0 Å². The van der Waals surface area contributed by atoms with E-state index in [2.05, 4.69) is 20.9 Å². The van der Waals surface area contributed by atoms with E-state index < -0.39 is 11.4 Å². The first kappa shape index (κ1) is 17.5. The second kappa shape index (κ2) is 5.84. The molecule has 3 aromatic rings. The largest absolute Gasteiger partial charge is 0.488 e. The summed E-state index contributed by atoms with van der Waals surface area (Å²) in [7, 11) is 0. The van der Waals surface area contributed by atoms with Crippen molar-refractivity contribution < 1.29 is 19.4 Å². The van der Waals surface area contributed by atoms with Gasteiger partial charge in [0.25, 0.3) is 5.91 Å². The molecule has 2 aromatic heterocycles. The molecule has 1 amide bonds. The number of benzene rings is 1. The van der Waals surface area contributed by atoms with E-state index in [1.54, 1.807) is 12.4 Å². The number of hydrogen-bond donors (Lipinski definition) is 2. The Morgan fingerprint density at radius 2 is 2.07 bits per heavy atom. The number of aliphatic carboxylic acids is 1. The third-order valence-corrected chi connectivity index (χ3v) is 7.07. The number of carboxylic acids is 1. The first-order chi connectivity index (χ1) is 14.5. The van der Waals surface area contributed by atoms with Crippen LogP contribution in [0.25, 0.3) is 10.9 Å². The van der Waals surface area contributed by atoms with Crippen LogP contribution in [0.3, 0.4) is 0 Å². The summed E-state index contributed by atoms with van der Waals surface area (Å²) in [6.07, 6.45) is 7.47. The minimum absolute atomic E-state index is 0.00933. The number of nitrogens with zero attached hydrogens (tertiary/aromatic N) is 2. The lowest BCUT2D eigenvalue weighted by Gasteiger charge is -2.15. The Labute approximate surface area is 172 Å². The molecule has 0 spiro atoms. The average Bonchev–Trinajstić information content (AvgIpc) is 3.40. The maximum absolute atomic E-state index is 12.9. The Hall–Kier alpha value is -3.35. The molecule has 1 atom stereocenters. The molecule has 0 bridgehead atoms. The van der Waals surface area contributed by atoms with Crippen molar-refractivity contribution in [2.45, 2.75) is 31.9 Å². The van der Waals surface area contributed by atoms with Crippen LogP contribution in [0, 0.1) is 10.8 Å². The van der Waals surface area contributed by atoms with Gasteiger partial charge in [-0.3, -0.25) is 14.6 Å². The molecule has 3 heterocycles. The highest BCUT2D eigenvalue weighted by molar-refractivity contribution is 6.05. The van der Waals surface area contributed by atoms with Crippen LogP contribution in [0.1, 0.15) is 28.8 Å². The monoisotopic (exact) mass is 403 g/mol. The van der Waals surface area contributed by atoms with Gasteiger partial charge in [0.15, 0.2) is 0 Å². The molecule has 2 fully saturated rings. The topological polar surface area (TPSA) is 93.5 Å². The number of rotatable bonds is 6. The predicted octanol–water partition coefficient (Wildman–Crippen LogP) is 2.63. The van der Waals surface area contributed by atoms with Gasteiger partial charge in [0, 0.05) is 42.4 Å². The normalized spacial score (nSPS) is 27.8. The van der Waals surface area contributed by atoms with Crippen LogP contribution in [0.4, 0.5) is 0 Å². The van der Waals surface area contributed by atoms with E-state index in [1.165, 1.54) is 5.56 Å². The molecular weight excluding hydrogens is 382 g/mol. The summed E-state index contributed by atoms with van der Waals surface area (Å²) in [5, 5.41) is 13.2. The maximum Gasteiger partial charge on any atom is 0.310 e. The summed E-state index contributed by atoms with van der Waals surface area (Å²) in [6, 6.07) is 10.0. The van der Waals surface area contributed by atoms with Crippen LogP contribution in [0.5, 0.6) is 5.75 Å². The van der Waals surface area contributed by atoms with Gasteiger partial charge in [0.1, 0.15) is 11.9 Å². The Kier molecular flexibility index (Phi) is 3.41. The molecule has 1 aromatic carbocycles. The van der Waals surface area contributed by atoms with E-state index in [0.717, 1.165) is 23.1 Å². The van der Waals surface area contributed by atoms with Crippen molar-refractivity contribution in [2.24, 2.45) is 10.8 Å². The van der Waals surface area contributed by atoms with Gasteiger partial charge in [-0.15, -0.1) is 0 Å². The first-order valence-corrected chi connectivity index (χ1v) is 10.2. The number of carbonyl (C=O) groups excluding carboxylic acids is 1. The molecule has 0 saturated heterocycles. The maximum atomic E-state index is 12.9. The molecule has 0 radical (unpaired) electrons. The number of para-hydroxylation sites is 1. The van der Waals surface area contributed by atoms with Gasteiger partial charge < -0.3 is 19.7 Å². The van der Waals surface area contributed by atoms with Crippen molar-refractivity contribution in [3.8, 4) is 5.75 Å². The fourth-order valence-corrected chi connectivity index (χ4v) is 5.08. The molecule has 3 aliphatic rings. The van der Waals surface area contributed by atoms with Crippen molar-refractivity contribution in [1.29, 1.82) is 0 Å². The molecule has 152 valence electrons. The molecule has 6 rings (SSSR count). The second-order valence-corrected chi connectivity index (χ2v) is 8.85. The van der Waals surface area contributed by atoms with Crippen LogP contribution in [-0.4, -0.2) is 39.2 Å². The van der Waals surface area contributed by atoms with Gasteiger partial charge in [-0.1, -0.05) is 18.2 Å². The average molecular weight is 403 g/mol. The molecule has 7 heteroatoms. The smallest absolute Gasteiger partial charge is 0.310 e. The third-order valence-electron chi connectivity index (χ3n) is 7.07. The van der Waals surface area contributed by atoms with E-state index in [4.69, 9.17) is 4.74 Å². The molecule has 7 nitrogen and oxygen atoms in total. The van der Waals surface area contributed by atoms with Crippen LogP contribution in [-0.2, 0) is 17.8 Å². The van der Waals surface area contributed by atoms with Crippen LogP contribution >= 0.6 is 0 Å². The van der Waals surface area contributed by atoms with Crippen molar-refractivity contribution in [1.82, 2.24) is 14.9 Å². The zero-order valence-electron chi connectivity index (χ0n) is 16.3. The van der Waals surface area contributed by atoms with E-state index in [0.29, 0.717) is 31.5 Å². The zero-order valence-corrected chi connectivity index (χ0v) is 16.3. The van der Waals surface area contributed by atoms with E-state index >= 15 is 0 Å². The lowest BCUT2D eigenvalue weighted by atomic mass is 10.1. The van der Waals surface area contributed by atoms with Crippen LogP contribution in [0.15, 0.2) is 48.9 Å². The van der Waals surface area contributed by atoms with Gasteiger partial charge in [0.05, 0.1) is 23.0 Å². The van der Waals surface area contributed by atoms with E-state index in [-0.39, 0.29) is 17.4 Å². The minimum Gasteiger partial charge on any atom is -0.488 e. The molecule has 2 N–H and O–H groups in total. The van der Waals surface area contributed by atoms with E-state index in [9.17, 15) is 14.7 Å². The molecule has 30 heavy (non-hydrogen) atoms. The van der Waals surface area contributed by atoms with Crippen molar-refractivity contribution >= 4 is 22.8 Å². The summed E-state index contributed by atoms with van der Waals surface area (Å²) < 4.78 is 8.13. The lowest BCUT2D eigenvalue weighted by molar-refractivity contribution is -0.140. The number of fused-ring (bicyclic) bond motifs is 3. The number of carboxylic acid groups (broad SMARTS) is 1. The second-order valence-electron chi connectivity index (χ2n) is 8.85. The fraction of sp³-hybridized carbons (Fsp3) is 0.348. The Morgan fingerprint density at radius 1 is 1.23 bits per heavy atom. The van der Waals surface area contributed by atoms with Gasteiger partial charge in [-0.2, -0.15) is 0 Å². The van der Waals surface area contributed by atoms with Crippen molar-refractivity contribution in [3.05, 3.63) is 60.0 Å². The quantitative estimate of drug-likeness (QED) is 0.660. The molecule has 2 saturated carbocycles. The molecular formula is C23H21N3O4. The molecule has 1 aliphatic heterocycles. The fourth-order valence-electron chi connectivity index (χ4n) is 5.08. The van der Waals surface area contributed by atoms with Crippen molar-refractivity contribution in [2.75, 3.05) is 6.54 Å². The Bertz CT molecular complexity index is 1180. The summed E-state index contributed by atoms with van der Waals surface area (Å²) in [5.41, 5.74) is 1.72. The number of pyridine rings is 1.